The molecule has 0 saturated heterocycles. The quantitative estimate of drug-likeness (QED) is 0.128. The highest BCUT2D eigenvalue weighted by Gasteiger charge is 2.38. The molecule has 0 radical (unpaired) electrons. The van der Waals surface area contributed by atoms with E-state index in [9.17, 15) is 35.2 Å². The molecular formula is C18H32N2O7. The van der Waals surface area contributed by atoms with Crippen molar-refractivity contribution >= 4 is 6.29 Å². The normalized spacial score (nSPS) is 16.0. The number of nitrogens with zero attached hydrogens (tertiary/aromatic N) is 2. The van der Waals surface area contributed by atoms with Crippen LogP contribution in [0.3, 0.4) is 0 Å². The maximum atomic E-state index is 11.3. The maximum absolute atomic E-state index is 11.3. The number of allylic oxidation sites excluding steroid dienone is 1. The Kier molecular flexibility index (Phi) is 14.2. The number of hydrogen-bond acceptors (Lipinski definition) is 7. The lowest BCUT2D eigenvalue weighted by Gasteiger charge is -2.20. The summed E-state index contributed by atoms with van der Waals surface area (Å²) in [5.74, 6) is 0. The van der Waals surface area contributed by atoms with Gasteiger partial charge in [-0.15, -0.1) is 0 Å². The summed E-state index contributed by atoms with van der Waals surface area (Å²) in [6.07, 6.45) is 6.31. The lowest BCUT2D eigenvalue weighted by molar-refractivity contribution is -0.553. The minimum atomic E-state index is -1.50. The number of carbonyl (C=O) groups is 1. The standard InChI is InChI=1S/C18H32N2O7/c1-2-3-8-11-15(19(24)25)18(23)14-16(20(26)27)17(22)12-9-6-4-5-7-10-13-21/h3,8,13,15-18,22-23H,2,4-7,9-12,14H2,1H3/b8-3-. The van der Waals surface area contributed by atoms with Crippen molar-refractivity contribution in [1.82, 2.24) is 0 Å². The van der Waals surface area contributed by atoms with Crippen LogP contribution in [-0.2, 0) is 4.79 Å². The summed E-state index contributed by atoms with van der Waals surface area (Å²) in [5.41, 5.74) is 0. The minimum absolute atomic E-state index is 0.0106. The number of aliphatic hydroxyl groups is 2. The van der Waals surface area contributed by atoms with E-state index in [1.165, 1.54) is 0 Å². The van der Waals surface area contributed by atoms with Crippen molar-refractivity contribution in [3.05, 3.63) is 32.4 Å². The number of nitro groups is 2. The van der Waals surface area contributed by atoms with Gasteiger partial charge in [0.05, 0.1) is 6.42 Å². The highest BCUT2D eigenvalue weighted by molar-refractivity contribution is 5.48. The molecule has 0 aromatic heterocycles. The summed E-state index contributed by atoms with van der Waals surface area (Å²) in [6, 6.07) is -2.77. The highest BCUT2D eigenvalue weighted by atomic mass is 16.6. The Bertz CT molecular complexity index is 471. The summed E-state index contributed by atoms with van der Waals surface area (Å²) in [7, 11) is 0. The van der Waals surface area contributed by atoms with E-state index in [0.717, 1.165) is 32.0 Å². The first-order valence-electron chi connectivity index (χ1n) is 9.56. The first-order chi connectivity index (χ1) is 12.8. The van der Waals surface area contributed by atoms with Crippen molar-refractivity contribution in [3.63, 3.8) is 0 Å². The van der Waals surface area contributed by atoms with Gasteiger partial charge in [0.2, 0.25) is 12.1 Å². The molecule has 0 spiro atoms. The fraction of sp³-hybridized carbons (Fsp3) is 0.833. The van der Waals surface area contributed by atoms with Gasteiger partial charge >= 0.3 is 0 Å². The highest BCUT2D eigenvalue weighted by Crippen LogP contribution is 2.18. The molecule has 4 atom stereocenters. The number of carbonyl (C=O) groups excluding carboxylic acids is 1. The molecule has 0 aliphatic heterocycles. The molecule has 0 aliphatic rings. The summed E-state index contributed by atoms with van der Waals surface area (Å²) >= 11 is 0. The van der Waals surface area contributed by atoms with Gasteiger partial charge in [0, 0.05) is 22.7 Å². The predicted molar refractivity (Wildman–Crippen MR) is 101 cm³/mol. The number of rotatable bonds is 17. The van der Waals surface area contributed by atoms with E-state index in [1.807, 2.05) is 6.92 Å². The zero-order chi connectivity index (χ0) is 20.7. The Labute approximate surface area is 159 Å². The van der Waals surface area contributed by atoms with Crippen LogP contribution in [0.2, 0.25) is 0 Å². The number of unbranched alkanes of at least 4 members (excludes halogenated alkanes) is 5. The van der Waals surface area contributed by atoms with Crippen LogP contribution in [0.25, 0.3) is 0 Å². The summed E-state index contributed by atoms with van der Waals surface area (Å²) in [5, 5.41) is 42.6. The topological polar surface area (TPSA) is 144 Å². The first kappa shape index (κ1) is 25.1. The lowest BCUT2D eigenvalue weighted by Crippen LogP contribution is -2.42. The van der Waals surface area contributed by atoms with Crippen molar-refractivity contribution in [2.45, 2.75) is 95.4 Å². The Morgan fingerprint density at radius 2 is 1.48 bits per heavy atom. The largest absolute Gasteiger partial charge is 0.386 e. The van der Waals surface area contributed by atoms with Gasteiger partial charge in [-0.1, -0.05) is 44.8 Å². The molecule has 0 fully saturated rings. The molecule has 156 valence electrons. The zero-order valence-corrected chi connectivity index (χ0v) is 15.9. The van der Waals surface area contributed by atoms with E-state index >= 15 is 0 Å². The predicted octanol–water partition coefficient (Wildman–Crippen LogP) is 2.67. The summed E-state index contributed by atoms with van der Waals surface area (Å²) in [4.78, 5) is 31.3. The van der Waals surface area contributed by atoms with E-state index in [1.54, 1.807) is 12.2 Å². The average Bonchev–Trinajstić information content (AvgIpc) is 2.61. The molecule has 9 nitrogen and oxygen atoms in total. The van der Waals surface area contributed by atoms with Crippen LogP contribution in [0, 0.1) is 20.2 Å². The number of hydrogen-bond donors (Lipinski definition) is 2. The van der Waals surface area contributed by atoms with Crippen LogP contribution in [0.1, 0.15) is 71.1 Å². The van der Waals surface area contributed by atoms with Crippen molar-refractivity contribution in [2.24, 2.45) is 0 Å². The molecule has 0 aromatic rings. The third-order valence-corrected chi connectivity index (χ3v) is 4.51. The first-order valence-corrected chi connectivity index (χ1v) is 9.56. The zero-order valence-electron chi connectivity index (χ0n) is 15.9. The average molecular weight is 388 g/mol. The van der Waals surface area contributed by atoms with Gasteiger partial charge in [-0.2, -0.15) is 0 Å². The van der Waals surface area contributed by atoms with Crippen LogP contribution >= 0.6 is 0 Å². The molecule has 2 N–H and O–H groups in total. The van der Waals surface area contributed by atoms with Crippen LogP contribution in [0.15, 0.2) is 12.2 Å². The van der Waals surface area contributed by atoms with E-state index < -0.39 is 40.6 Å². The Balaban J connectivity index is 4.53. The Hall–Kier alpha value is -1.87. The van der Waals surface area contributed by atoms with Gasteiger partial charge in [0.15, 0.2) is 0 Å². The maximum Gasteiger partial charge on any atom is 0.242 e. The smallest absolute Gasteiger partial charge is 0.242 e. The third kappa shape index (κ3) is 11.4. The molecule has 4 unspecified atom stereocenters. The third-order valence-electron chi connectivity index (χ3n) is 4.51. The molecule has 0 amide bonds. The van der Waals surface area contributed by atoms with Gasteiger partial charge < -0.3 is 15.0 Å². The molecule has 0 saturated carbocycles. The van der Waals surface area contributed by atoms with Crippen molar-refractivity contribution in [1.29, 1.82) is 0 Å². The fourth-order valence-corrected chi connectivity index (χ4v) is 2.88. The summed E-state index contributed by atoms with van der Waals surface area (Å²) < 4.78 is 0. The Morgan fingerprint density at radius 3 is 2.04 bits per heavy atom. The van der Waals surface area contributed by atoms with Crippen molar-refractivity contribution in [2.75, 3.05) is 0 Å². The van der Waals surface area contributed by atoms with E-state index in [4.69, 9.17) is 0 Å². The van der Waals surface area contributed by atoms with E-state index in [2.05, 4.69) is 0 Å². The molecule has 9 heteroatoms. The monoisotopic (exact) mass is 388 g/mol. The number of aliphatic hydroxyl groups excluding tert-OH is 2. The molecule has 0 rings (SSSR count). The van der Waals surface area contributed by atoms with Crippen LogP contribution in [0.4, 0.5) is 0 Å². The Morgan fingerprint density at radius 1 is 0.889 bits per heavy atom. The van der Waals surface area contributed by atoms with Crippen LogP contribution in [0.5, 0.6) is 0 Å². The second kappa shape index (κ2) is 15.2. The second-order valence-corrected chi connectivity index (χ2v) is 6.70. The molecule has 0 aliphatic carbocycles. The van der Waals surface area contributed by atoms with Crippen molar-refractivity contribution < 1.29 is 24.9 Å². The van der Waals surface area contributed by atoms with Gasteiger partial charge in [-0.05, 0) is 19.3 Å². The van der Waals surface area contributed by atoms with E-state index in [-0.39, 0.29) is 12.8 Å². The van der Waals surface area contributed by atoms with Gasteiger partial charge in [-0.25, -0.2) is 0 Å². The van der Waals surface area contributed by atoms with Crippen LogP contribution in [-0.4, -0.2) is 50.6 Å². The second-order valence-electron chi connectivity index (χ2n) is 6.70. The lowest BCUT2D eigenvalue weighted by atomic mass is 9.95. The molecular weight excluding hydrogens is 356 g/mol. The fourth-order valence-electron chi connectivity index (χ4n) is 2.88. The molecule has 27 heavy (non-hydrogen) atoms. The molecule has 0 bridgehead atoms. The molecule has 0 heterocycles. The van der Waals surface area contributed by atoms with Crippen LogP contribution < -0.4 is 0 Å². The number of aldehydes is 1. The van der Waals surface area contributed by atoms with Crippen molar-refractivity contribution in [3.8, 4) is 0 Å². The van der Waals surface area contributed by atoms with Gasteiger partial charge in [0.1, 0.15) is 18.5 Å². The van der Waals surface area contributed by atoms with Gasteiger partial charge in [-0.3, -0.25) is 20.2 Å². The van der Waals surface area contributed by atoms with E-state index in [0.29, 0.717) is 19.3 Å². The summed E-state index contributed by atoms with van der Waals surface area (Å²) in [6.45, 7) is 1.87. The minimum Gasteiger partial charge on any atom is -0.386 e. The van der Waals surface area contributed by atoms with Gasteiger partial charge in [0.25, 0.3) is 0 Å². The SMILES string of the molecule is CC/C=C\CC(C(O)CC(C(O)CCCCCCCC=O)[N+](=O)[O-])[N+](=O)[O-]. The molecule has 0 aromatic carbocycles.